The fourth-order valence-corrected chi connectivity index (χ4v) is 1.89. The summed E-state index contributed by atoms with van der Waals surface area (Å²) in [6.07, 6.45) is 0. The number of nitrogens with zero attached hydrogens (tertiary/aromatic N) is 1. The van der Waals surface area contributed by atoms with Gasteiger partial charge in [0.1, 0.15) is 5.15 Å². The van der Waals surface area contributed by atoms with E-state index in [2.05, 4.69) is 10.4 Å². The lowest BCUT2D eigenvalue weighted by atomic mass is 10.1. The first-order valence-corrected chi connectivity index (χ1v) is 5.72. The lowest BCUT2D eigenvalue weighted by Crippen LogP contribution is -2.34. The number of H-pyrrole nitrogens is 1. The molecule has 0 saturated heterocycles. The van der Waals surface area contributed by atoms with Gasteiger partial charge in [0.25, 0.3) is 5.56 Å². The molecular weight excluding hydrogens is 254 g/mol. The molecule has 1 aromatic carbocycles. The number of aromatic amines is 1. The fraction of sp³-hybridized carbons (Fsp3) is 0.167. The molecule has 0 radical (unpaired) electrons. The Bertz CT molecular complexity index is 683. The summed E-state index contributed by atoms with van der Waals surface area (Å²) in [7, 11) is 0. The molecule has 94 valence electrons. The van der Waals surface area contributed by atoms with Crippen LogP contribution in [-0.2, 0) is 0 Å². The number of aryl methyl sites for hydroxylation is 2. The van der Waals surface area contributed by atoms with E-state index in [4.69, 9.17) is 11.6 Å². The molecule has 0 unspecified atom stereocenters. The molecule has 0 fully saturated rings. The molecule has 1 aromatic heterocycles. The van der Waals surface area contributed by atoms with Crippen molar-refractivity contribution >= 4 is 17.3 Å². The maximum atomic E-state index is 11.6. The molecular formula is C12H12ClN3O2. The van der Waals surface area contributed by atoms with E-state index >= 15 is 0 Å². The summed E-state index contributed by atoms with van der Waals surface area (Å²) in [4.78, 5) is 24.9. The van der Waals surface area contributed by atoms with Crippen LogP contribution in [0, 0.1) is 13.8 Å². The molecule has 0 saturated carbocycles. The van der Waals surface area contributed by atoms with Gasteiger partial charge < -0.3 is 0 Å². The number of hydrogen-bond donors (Lipinski definition) is 2. The van der Waals surface area contributed by atoms with E-state index in [1.165, 1.54) is 0 Å². The number of nitrogens with one attached hydrogen (secondary N) is 2. The predicted molar refractivity (Wildman–Crippen MR) is 71.3 cm³/mol. The molecule has 0 aliphatic heterocycles. The minimum atomic E-state index is -0.602. The SMILES string of the molecule is Cc1cccc(C)c1Nn1c(Cl)cc(=O)[nH]c1=O. The lowest BCUT2D eigenvalue weighted by Gasteiger charge is -2.14. The van der Waals surface area contributed by atoms with Crippen LogP contribution in [-0.4, -0.2) is 9.66 Å². The molecule has 6 heteroatoms. The molecule has 0 aliphatic carbocycles. The Hall–Kier alpha value is -2.01. The van der Waals surface area contributed by atoms with E-state index < -0.39 is 11.2 Å². The number of hydrogen-bond acceptors (Lipinski definition) is 3. The van der Waals surface area contributed by atoms with Crippen molar-refractivity contribution in [2.75, 3.05) is 5.43 Å². The van der Waals surface area contributed by atoms with Crippen LogP contribution in [0.4, 0.5) is 5.69 Å². The minimum absolute atomic E-state index is 0.0337. The molecule has 0 bridgehead atoms. The maximum Gasteiger partial charge on any atom is 0.348 e. The topological polar surface area (TPSA) is 66.9 Å². The maximum absolute atomic E-state index is 11.6. The van der Waals surface area contributed by atoms with E-state index in [0.29, 0.717) is 0 Å². The number of rotatable bonds is 2. The van der Waals surface area contributed by atoms with Crippen molar-refractivity contribution in [3.63, 3.8) is 0 Å². The van der Waals surface area contributed by atoms with Crippen molar-refractivity contribution in [3.8, 4) is 0 Å². The molecule has 0 aliphatic rings. The van der Waals surface area contributed by atoms with Gasteiger partial charge in [-0.3, -0.25) is 15.2 Å². The highest BCUT2D eigenvalue weighted by Crippen LogP contribution is 2.19. The van der Waals surface area contributed by atoms with Crippen LogP contribution in [0.25, 0.3) is 0 Å². The Balaban J connectivity index is 2.54. The molecule has 2 rings (SSSR count). The van der Waals surface area contributed by atoms with Gasteiger partial charge in [0.2, 0.25) is 0 Å². The zero-order chi connectivity index (χ0) is 13.3. The van der Waals surface area contributed by atoms with E-state index in [1.807, 2.05) is 32.0 Å². The number of benzene rings is 1. The second kappa shape index (κ2) is 4.70. The van der Waals surface area contributed by atoms with Crippen molar-refractivity contribution < 1.29 is 0 Å². The van der Waals surface area contributed by atoms with Crippen LogP contribution in [0.3, 0.4) is 0 Å². The Labute approximate surface area is 108 Å². The van der Waals surface area contributed by atoms with Crippen molar-refractivity contribution in [3.05, 3.63) is 61.4 Å². The van der Waals surface area contributed by atoms with E-state index in [-0.39, 0.29) is 5.15 Å². The van der Waals surface area contributed by atoms with Gasteiger partial charge in [-0.2, -0.15) is 4.68 Å². The van der Waals surface area contributed by atoms with Crippen molar-refractivity contribution in [1.82, 2.24) is 9.66 Å². The summed E-state index contributed by atoms with van der Waals surface area (Å²) < 4.78 is 1.10. The highest BCUT2D eigenvalue weighted by molar-refractivity contribution is 6.29. The van der Waals surface area contributed by atoms with Crippen LogP contribution in [0.1, 0.15) is 11.1 Å². The van der Waals surface area contributed by atoms with E-state index in [9.17, 15) is 9.59 Å². The smallest absolute Gasteiger partial charge is 0.289 e. The molecule has 0 spiro atoms. The number of aromatic nitrogens is 2. The predicted octanol–water partition coefficient (Wildman–Crippen LogP) is 1.68. The Morgan fingerprint density at radius 1 is 1.22 bits per heavy atom. The van der Waals surface area contributed by atoms with Crippen LogP contribution in [0.5, 0.6) is 0 Å². The van der Waals surface area contributed by atoms with Gasteiger partial charge in [-0.1, -0.05) is 29.8 Å². The fourth-order valence-electron chi connectivity index (χ4n) is 1.67. The summed E-state index contributed by atoms with van der Waals surface area (Å²) in [6, 6.07) is 6.90. The van der Waals surface area contributed by atoms with Gasteiger partial charge in [0.05, 0.1) is 5.69 Å². The Morgan fingerprint density at radius 2 is 1.83 bits per heavy atom. The van der Waals surface area contributed by atoms with Crippen LogP contribution in [0.15, 0.2) is 33.9 Å². The zero-order valence-corrected chi connectivity index (χ0v) is 10.7. The summed E-state index contributed by atoms with van der Waals surface area (Å²) in [5, 5.41) is 0.0337. The van der Waals surface area contributed by atoms with Gasteiger partial charge in [-0.15, -0.1) is 0 Å². The standard InChI is InChI=1S/C12H12ClN3O2/c1-7-4-3-5-8(2)11(7)15-16-9(13)6-10(17)14-12(16)18/h3-6,15H,1-2H3,(H,14,17,18). The normalized spacial score (nSPS) is 10.4. The largest absolute Gasteiger partial charge is 0.348 e. The third-order valence-corrected chi connectivity index (χ3v) is 2.88. The van der Waals surface area contributed by atoms with Gasteiger partial charge in [0.15, 0.2) is 0 Å². The minimum Gasteiger partial charge on any atom is -0.289 e. The second-order valence-electron chi connectivity index (χ2n) is 3.98. The van der Waals surface area contributed by atoms with Crippen LogP contribution in [0.2, 0.25) is 5.15 Å². The van der Waals surface area contributed by atoms with Crippen LogP contribution < -0.4 is 16.7 Å². The van der Waals surface area contributed by atoms with Gasteiger partial charge in [0, 0.05) is 6.07 Å². The van der Waals surface area contributed by atoms with Crippen molar-refractivity contribution in [1.29, 1.82) is 0 Å². The lowest BCUT2D eigenvalue weighted by molar-refractivity contribution is 0.829. The van der Waals surface area contributed by atoms with E-state index in [1.54, 1.807) is 0 Å². The van der Waals surface area contributed by atoms with Gasteiger partial charge >= 0.3 is 5.69 Å². The van der Waals surface area contributed by atoms with Crippen LogP contribution >= 0.6 is 11.6 Å². The summed E-state index contributed by atoms with van der Waals surface area (Å²) in [5.74, 6) is 0. The number of anilines is 1. The Morgan fingerprint density at radius 3 is 2.39 bits per heavy atom. The third-order valence-electron chi connectivity index (χ3n) is 2.60. The summed E-state index contributed by atoms with van der Waals surface area (Å²) in [6.45, 7) is 3.83. The number of halogens is 1. The highest BCUT2D eigenvalue weighted by Gasteiger charge is 2.07. The van der Waals surface area contributed by atoms with E-state index in [0.717, 1.165) is 27.6 Å². The summed E-state index contributed by atoms with van der Waals surface area (Å²) in [5.41, 5.74) is 4.52. The third kappa shape index (κ3) is 2.31. The quantitative estimate of drug-likeness (QED) is 0.812. The highest BCUT2D eigenvalue weighted by atomic mass is 35.5. The average molecular weight is 266 g/mol. The molecule has 2 aromatic rings. The molecule has 18 heavy (non-hydrogen) atoms. The zero-order valence-electron chi connectivity index (χ0n) is 9.95. The van der Waals surface area contributed by atoms with Crippen molar-refractivity contribution in [2.24, 2.45) is 0 Å². The number of para-hydroxylation sites is 1. The molecule has 1 heterocycles. The van der Waals surface area contributed by atoms with Gasteiger partial charge in [-0.05, 0) is 25.0 Å². The molecule has 0 amide bonds. The van der Waals surface area contributed by atoms with Gasteiger partial charge in [-0.25, -0.2) is 4.79 Å². The first kappa shape index (κ1) is 12.4. The second-order valence-corrected chi connectivity index (χ2v) is 4.36. The molecule has 5 nitrogen and oxygen atoms in total. The molecule has 0 atom stereocenters. The molecule has 2 N–H and O–H groups in total. The van der Waals surface area contributed by atoms with Crippen molar-refractivity contribution in [2.45, 2.75) is 13.8 Å². The average Bonchev–Trinajstić information content (AvgIpc) is 2.26. The monoisotopic (exact) mass is 265 g/mol. The summed E-state index contributed by atoms with van der Waals surface area (Å²) >= 11 is 5.87. The first-order chi connectivity index (χ1) is 8.49. The Kier molecular flexibility index (Phi) is 3.25. The first-order valence-electron chi connectivity index (χ1n) is 5.34.